The first-order chi connectivity index (χ1) is 12.7. The van der Waals surface area contributed by atoms with Crippen LogP contribution in [0, 0.1) is 0 Å². The number of hydrogen-bond acceptors (Lipinski definition) is 3. The molecular formula is C21H27N3O2. The van der Waals surface area contributed by atoms with Crippen LogP contribution in [0.25, 0.3) is 0 Å². The van der Waals surface area contributed by atoms with Gasteiger partial charge in [0.15, 0.2) is 0 Å². The number of pyridine rings is 1. The van der Waals surface area contributed by atoms with Gasteiger partial charge in [-0.25, -0.2) is 4.79 Å². The zero-order valence-electron chi connectivity index (χ0n) is 15.4. The van der Waals surface area contributed by atoms with Crippen LogP contribution < -0.4 is 5.32 Å². The van der Waals surface area contributed by atoms with Gasteiger partial charge in [0.2, 0.25) is 0 Å². The van der Waals surface area contributed by atoms with Crippen molar-refractivity contribution < 1.29 is 9.53 Å². The predicted octanol–water partition coefficient (Wildman–Crippen LogP) is 3.90. The Bertz CT molecular complexity index is 682. The molecule has 0 saturated carbocycles. The molecule has 0 radical (unpaired) electrons. The van der Waals surface area contributed by atoms with Crippen LogP contribution in [0.3, 0.4) is 0 Å². The van der Waals surface area contributed by atoms with E-state index >= 15 is 0 Å². The number of ether oxygens (including phenoxy) is 1. The number of anilines is 1. The summed E-state index contributed by atoms with van der Waals surface area (Å²) < 4.78 is 5.70. The second kappa shape index (κ2) is 9.34. The van der Waals surface area contributed by atoms with Crippen molar-refractivity contribution in [3.8, 4) is 0 Å². The van der Waals surface area contributed by atoms with E-state index in [2.05, 4.69) is 22.4 Å². The minimum Gasteiger partial charge on any atom is -0.376 e. The van der Waals surface area contributed by atoms with E-state index in [1.807, 2.05) is 43.6 Å². The third kappa shape index (κ3) is 5.56. The van der Waals surface area contributed by atoms with E-state index in [0.717, 1.165) is 43.7 Å². The van der Waals surface area contributed by atoms with Gasteiger partial charge in [0.05, 0.1) is 6.10 Å². The van der Waals surface area contributed by atoms with E-state index in [9.17, 15) is 4.79 Å². The fourth-order valence-corrected chi connectivity index (χ4v) is 3.13. The van der Waals surface area contributed by atoms with E-state index in [-0.39, 0.29) is 12.1 Å². The molecule has 1 atom stereocenters. The Morgan fingerprint density at radius 2 is 2.04 bits per heavy atom. The molecular weight excluding hydrogens is 326 g/mol. The normalized spacial score (nSPS) is 16.9. The van der Waals surface area contributed by atoms with Gasteiger partial charge in [-0.05, 0) is 61.9 Å². The summed E-state index contributed by atoms with van der Waals surface area (Å²) in [6, 6.07) is 13.9. The molecule has 1 aromatic heterocycles. The van der Waals surface area contributed by atoms with Crippen LogP contribution in [0.2, 0.25) is 0 Å². The minimum absolute atomic E-state index is 0.0968. The standard InChI is InChI=1S/C21H27N3O2/c1-24(16-20-7-3-5-15-26-20)21(25)23-19-12-9-17(10-13-19)8-11-18-6-2-4-14-22-18/h2,4,6,9-10,12-14,20H,3,5,7-8,11,15-16H2,1H3,(H,23,25). The molecule has 1 fully saturated rings. The third-order valence-electron chi connectivity index (χ3n) is 4.70. The molecule has 0 aliphatic carbocycles. The third-order valence-corrected chi connectivity index (χ3v) is 4.70. The highest BCUT2D eigenvalue weighted by Gasteiger charge is 2.18. The SMILES string of the molecule is CN(CC1CCCCO1)C(=O)Nc1ccc(CCc2ccccn2)cc1. The summed E-state index contributed by atoms with van der Waals surface area (Å²) in [5, 5.41) is 2.95. The second-order valence-electron chi connectivity index (χ2n) is 6.82. The van der Waals surface area contributed by atoms with Crippen LogP contribution in [0.1, 0.15) is 30.5 Å². The van der Waals surface area contributed by atoms with Gasteiger partial charge in [-0.3, -0.25) is 4.98 Å². The van der Waals surface area contributed by atoms with Crippen molar-refractivity contribution in [1.82, 2.24) is 9.88 Å². The number of nitrogens with one attached hydrogen (secondary N) is 1. The summed E-state index contributed by atoms with van der Waals surface area (Å²) in [4.78, 5) is 18.4. The molecule has 5 heteroatoms. The summed E-state index contributed by atoms with van der Waals surface area (Å²) in [5.41, 5.74) is 3.14. The number of hydrogen-bond donors (Lipinski definition) is 1. The van der Waals surface area contributed by atoms with Crippen molar-refractivity contribution in [3.05, 3.63) is 59.9 Å². The van der Waals surface area contributed by atoms with Gasteiger partial charge >= 0.3 is 6.03 Å². The van der Waals surface area contributed by atoms with Crippen molar-refractivity contribution in [2.24, 2.45) is 0 Å². The molecule has 26 heavy (non-hydrogen) atoms. The Kier molecular flexibility index (Phi) is 6.61. The van der Waals surface area contributed by atoms with Crippen LogP contribution in [0.4, 0.5) is 10.5 Å². The van der Waals surface area contributed by atoms with Gasteiger partial charge in [-0.2, -0.15) is 0 Å². The average molecular weight is 353 g/mol. The fourth-order valence-electron chi connectivity index (χ4n) is 3.13. The lowest BCUT2D eigenvalue weighted by atomic mass is 10.1. The number of aryl methyl sites for hydroxylation is 2. The number of likely N-dealkylation sites (N-methyl/N-ethyl adjacent to an activating group) is 1. The zero-order chi connectivity index (χ0) is 18.2. The van der Waals surface area contributed by atoms with Crippen molar-refractivity contribution in [1.29, 1.82) is 0 Å². The maximum atomic E-state index is 12.3. The molecule has 1 saturated heterocycles. The van der Waals surface area contributed by atoms with Crippen molar-refractivity contribution in [2.45, 2.75) is 38.2 Å². The number of aromatic nitrogens is 1. The molecule has 2 amide bonds. The lowest BCUT2D eigenvalue weighted by Gasteiger charge is -2.27. The molecule has 5 nitrogen and oxygen atoms in total. The highest BCUT2D eigenvalue weighted by molar-refractivity contribution is 5.89. The van der Waals surface area contributed by atoms with Gasteiger partial charge in [-0.15, -0.1) is 0 Å². The largest absolute Gasteiger partial charge is 0.376 e. The van der Waals surface area contributed by atoms with Crippen LogP contribution in [-0.4, -0.2) is 42.2 Å². The van der Waals surface area contributed by atoms with Crippen molar-refractivity contribution in [3.63, 3.8) is 0 Å². The molecule has 0 spiro atoms. The first-order valence-corrected chi connectivity index (χ1v) is 9.33. The van der Waals surface area contributed by atoms with Gasteiger partial charge in [0, 0.05) is 37.8 Å². The van der Waals surface area contributed by atoms with Crippen molar-refractivity contribution in [2.75, 3.05) is 25.5 Å². The number of benzene rings is 1. The first kappa shape index (κ1) is 18.4. The maximum Gasteiger partial charge on any atom is 0.321 e. The summed E-state index contributed by atoms with van der Waals surface area (Å²) in [6.07, 6.45) is 7.17. The number of urea groups is 1. The van der Waals surface area contributed by atoms with E-state index in [1.165, 1.54) is 12.0 Å². The van der Waals surface area contributed by atoms with Crippen LogP contribution in [0.15, 0.2) is 48.7 Å². The Hall–Kier alpha value is -2.40. The van der Waals surface area contributed by atoms with Gasteiger partial charge in [-0.1, -0.05) is 18.2 Å². The molecule has 1 unspecified atom stereocenters. The van der Waals surface area contributed by atoms with Crippen molar-refractivity contribution >= 4 is 11.7 Å². The number of nitrogens with zero attached hydrogens (tertiary/aromatic N) is 2. The number of carbonyl (C=O) groups excluding carboxylic acids is 1. The zero-order valence-corrected chi connectivity index (χ0v) is 15.4. The fraction of sp³-hybridized carbons (Fsp3) is 0.429. The first-order valence-electron chi connectivity index (χ1n) is 9.33. The van der Waals surface area contributed by atoms with Crippen LogP contribution in [0.5, 0.6) is 0 Å². The average Bonchev–Trinajstić information content (AvgIpc) is 2.69. The minimum atomic E-state index is -0.0968. The lowest BCUT2D eigenvalue weighted by molar-refractivity contribution is 0.00463. The summed E-state index contributed by atoms with van der Waals surface area (Å²) in [7, 11) is 1.81. The Morgan fingerprint density at radius 3 is 2.73 bits per heavy atom. The molecule has 0 bridgehead atoms. The molecule has 138 valence electrons. The van der Waals surface area contributed by atoms with E-state index in [0.29, 0.717) is 6.54 Å². The highest BCUT2D eigenvalue weighted by atomic mass is 16.5. The molecule has 1 aliphatic heterocycles. The van der Waals surface area contributed by atoms with Gasteiger partial charge in [0.25, 0.3) is 0 Å². The Labute approximate surface area is 155 Å². The monoisotopic (exact) mass is 353 g/mol. The number of rotatable bonds is 6. The Morgan fingerprint density at radius 1 is 1.19 bits per heavy atom. The van der Waals surface area contributed by atoms with Crippen LogP contribution >= 0.6 is 0 Å². The molecule has 2 aromatic rings. The van der Waals surface area contributed by atoms with E-state index in [4.69, 9.17) is 4.74 Å². The van der Waals surface area contributed by atoms with E-state index in [1.54, 1.807) is 4.90 Å². The quantitative estimate of drug-likeness (QED) is 0.857. The molecule has 3 rings (SSSR count). The number of carbonyl (C=O) groups is 1. The summed E-state index contributed by atoms with van der Waals surface area (Å²) in [5.74, 6) is 0. The van der Waals surface area contributed by atoms with E-state index < -0.39 is 0 Å². The maximum absolute atomic E-state index is 12.3. The molecule has 1 N–H and O–H groups in total. The molecule has 1 aromatic carbocycles. The Balaban J connectivity index is 1.46. The second-order valence-corrected chi connectivity index (χ2v) is 6.82. The summed E-state index contributed by atoms with van der Waals surface area (Å²) in [6.45, 7) is 1.44. The lowest BCUT2D eigenvalue weighted by Crippen LogP contribution is -2.39. The highest BCUT2D eigenvalue weighted by Crippen LogP contribution is 2.15. The smallest absolute Gasteiger partial charge is 0.321 e. The van der Waals surface area contributed by atoms with Gasteiger partial charge < -0.3 is 15.0 Å². The van der Waals surface area contributed by atoms with Gasteiger partial charge in [0.1, 0.15) is 0 Å². The molecule has 1 aliphatic rings. The topological polar surface area (TPSA) is 54.5 Å². The predicted molar refractivity (Wildman–Crippen MR) is 103 cm³/mol. The summed E-state index contributed by atoms with van der Waals surface area (Å²) >= 11 is 0. The molecule has 2 heterocycles. The van der Waals surface area contributed by atoms with Crippen LogP contribution in [-0.2, 0) is 17.6 Å². The number of amides is 2.